The molecule has 3 aromatic heterocycles. The molecule has 3 heterocycles. The third-order valence-corrected chi connectivity index (χ3v) is 10.5. The molecule has 11 aromatic rings. The number of rotatable bonds is 5. The molecule has 54 heavy (non-hydrogen) atoms. The van der Waals surface area contributed by atoms with Gasteiger partial charge in [-0.2, -0.15) is 0 Å². The number of furan rings is 1. The monoisotopic (exact) mass is 690 g/mol. The van der Waals surface area contributed by atoms with Crippen molar-refractivity contribution in [3.8, 4) is 51.0 Å². The van der Waals surface area contributed by atoms with Crippen LogP contribution >= 0.6 is 0 Å². The summed E-state index contributed by atoms with van der Waals surface area (Å²) in [5.41, 5.74) is 10.1. The summed E-state index contributed by atoms with van der Waals surface area (Å²) in [6, 6.07) is 63.4. The summed E-state index contributed by atoms with van der Waals surface area (Å²) in [5.74, 6) is 1.82. The molecule has 0 N–H and O–H groups in total. The van der Waals surface area contributed by atoms with E-state index in [1.54, 1.807) is 0 Å². The lowest BCUT2D eigenvalue weighted by atomic mass is 10.0. The van der Waals surface area contributed by atoms with Gasteiger partial charge in [-0.25, -0.2) is 15.0 Å². The fourth-order valence-electron chi connectivity index (χ4n) is 7.86. The molecule has 0 atom stereocenters. The molecule has 0 fully saturated rings. The molecule has 11 rings (SSSR count). The van der Waals surface area contributed by atoms with Gasteiger partial charge in [0, 0.05) is 43.9 Å². The second kappa shape index (κ2) is 12.1. The van der Waals surface area contributed by atoms with Gasteiger partial charge in [0.05, 0.1) is 11.0 Å². The summed E-state index contributed by atoms with van der Waals surface area (Å²) in [7, 11) is 0. The average Bonchev–Trinajstić information content (AvgIpc) is 3.79. The maximum Gasteiger partial charge on any atom is 0.164 e. The van der Waals surface area contributed by atoms with Gasteiger partial charge in [0.2, 0.25) is 0 Å². The Kier molecular flexibility index (Phi) is 6.79. The Balaban J connectivity index is 1.09. The molecule has 0 radical (unpaired) electrons. The van der Waals surface area contributed by atoms with Crippen LogP contribution in [-0.2, 0) is 0 Å². The molecule has 5 nitrogen and oxygen atoms in total. The number of benzene rings is 8. The molecule has 252 valence electrons. The summed E-state index contributed by atoms with van der Waals surface area (Å²) in [6.07, 6.45) is 0. The van der Waals surface area contributed by atoms with E-state index < -0.39 is 0 Å². The van der Waals surface area contributed by atoms with Crippen LogP contribution in [0.25, 0.3) is 105 Å². The molecule has 0 saturated heterocycles. The van der Waals surface area contributed by atoms with Gasteiger partial charge in [0.1, 0.15) is 11.2 Å². The highest BCUT2D eigenvalue weighted by Crippen LogP contribution is 2.38. The van der Waals surface area contributed by atoms with Crippen LogP contribution in [0.15, 0.2) is 186 Å². The summed E-state index contributed by atoms with van der Waals surface area (Å²) < 4.78 is 8.61. The number of para-hydroxylation sites is 2. The molecule has 0 bridgehead atoms. The fourth-order valence-corrected chi connectivity index (χ4v) is 7.86. The minimum absolute atomic E-state index is 0.597. The molecule has 0 aliphatic heterocycles. The van der Waals surface area contributed by atoms with E-state index in [1.165, 1.54) is 27.3 Å². The minimum atomic E-state index is 0.597. The first kappa shape index (κ1) is 30.3. The number of hydrogen-bond donors (Lipinski definition) is 0. The average molecular weight is 691 g/mol. The second-order valence-electron chi connectivity index (χ2n) is 13.6. The van der Waals surface area contributed by atoms with Crippen LogP contribution in [0.2, 0.25) is 0 Å². The second-order valence-corrected chi connectivity index (χ2v) is 13.6. The van der Waals surface area contributed by atoms with Crippen LogP contribution in [0, 0.1) is 0 Å². The van der Waals surface area contributed by atoms with Crippen molar-refractivity contribution in [1.29, 1.82) is 0 Å². The molecule has 0 saturated carbocycles. The van der Waals surface area contributed by atoms with Crippen molar-refractivity contribution in [2.24, 2.45) is 0 Å². The lowest BCUT2D eigenvalue weighted by Crippen LogP contribution is -2.01. The van der Waals surface area contributed by atoms with Gasteiger partial charge in [0.25, 0.3) is 0 Å². The molecule has 8 aromatic carbocycles. The Hall–Kier alpha value is -7.37. The van der Waals surface area contributed by atoms with Gasteiger partial charge in [-0.05, 0) is 76.5 Å². The van der Waals surface area contributed by atoms with Crippen molar-refractivity contribution in [2.75, 3.05) is 0 Å². The number of aromatic nitrogens is 4. The Morgan fingerprint density at radius 1 is 0.370 bits per heavy atom. The van der Waals surface area contributed by atoms with Crippen molar-refractivity contribution in [3.05, 3.63) is 182 Å². The maximum atomic E-state index is 6.26. The summed E-state index contributed by atoms with van der Waals surface area (Å²) in [5, 5.41) is 6.76. The maximum absolute atomic E-state index is 6.26. The van der Waals surface area contributed by atoms with Crippen molar-refractivity contribution in [2.45, 2.75) is 0 Å². The fraction of sp³-hybridized carbons (Fsp3) is 0. The SMILES string of the molecule is c1ccc(-c2ccc3c4ccccc4n(-c4ccc(-c5nc(-c6ccc7ccccc7c6)nc(-c6cccc7oc8ccccc8c67)n5)cc4)c3c2)cc1. The Morgan fingerprint density at radius 2 is 1.02 bits per heavy atom. The largest absolute Gasteiger partial charge is 0.456 e. The van der Waals surface area contributed by atoms with Gasteiger partial charge < -0.3 is 8.98 Å². The first-order valence-electron chi connectivity index (χ1n) is 18.1. The van der Waals surface area contributed by atoms with Crippen molar-refractivity contribution >= 4 is 54.5 Å². The van der Waals surface area contributed by atoms with Crippen molar-refractivity contribution in [1.82, 2.24) is 19.5 Å². The molecule has 0 amide bonds. The van der Waals surface area contributed by atoms with E-state index in [-0.39, 0.29) is 0 Å². The molecule has 5 heteroatoms. The molecular weight excluding hydrogens is 661 g/mol. The Morgan fingerprint density at radius 3 is 1.89 bits per heavy atom. The zero-order valence-electron chi connectivity index (χ0n) is 29.0. The molecule has 0 unspecified atom stereocenters. The van der Waals surface area contributed by atoms with Crippen LogP contribution < -0.4 is 0 Å². The van der Waals surface area contributed by atoms with E-state index in [0.29, 0.717) is 17.5 Å². The number of nitrogens with zero attached hydrogens (tertiary/aromatic N) is 4. The van der Waals surface area contributed by atoms with Crippen molar-refractivity contribution in [3.63, 3.8) is 0 Å². The topological polar surface area (TPSA) is 56.7 Å². The Bertz CT molecular complexity index is 3210. The van der Waals surface area contributed by atoms with Crippen LogP contribution in [0.1, 0.15) is 0 Å². The summed E-state index contributed by atoms with van der Waals surface area (Å²) in [6.45, 7) is 0. The molecule has 0 aliphatic carbocycles. The highest BCUT2D eigenvalue weighted by molar-refractivity contribution is 6.12. The zero-order valence-corrected chi connectivity index (χ0v) is 29.0. The summed E-state index contributed by atoms with van der Waals surface area (Å²) in [4.78, 5) is 15.4. The number of hydrogen-bond acceptors (Lipinski definition) is 4. The van der Waals surface area contributed by atoms with Gasteiger partial charge in [-0.15, -0.1) is 0 Å². The van der Waals surface area contributed by atoms with Crippen LogP contribution in [0.4, 0.5) is 0 Å². The third kappa shape index (κ3) is 4.90. The van der Waals surface area contributed by atoms with E-state index in [4.69, 9.17) is 19.4 Å². The first-order chi connectivity index (χ1) is 26.7. The van der Waals surface area contributed by atoms with E-state index in [9.17, 15) is 0 Å². The van der Waals surface area contributed by atoms with Gasteiger partial charge in [0.15, 0.2) is 17.5 Å². The van der Waals surface area contributed by atoms with E-state index >= 15 is 0 Å². The summed E-state index contributed by atoms with van der Waals surface area (Å²) >= 11 is 0. The number of fused-ring (bicyclic) bond motifs is 7. The van der Waals surface area contributed by atoms with E-state index in [0.717, 1.165) is 60.7 Å². The highest BCUT2D eigenvalue weighted by Gasteiger charge is 2.19. The van der Waals surface area contributed by atoms with E-state index in [1.807, 2.05) is 30.3 Å². The van der Waals surface area contributed by atoms with Gasteiger partial charge in [-0.1, -0.05) is 127 Å². The van der Waals surface area contributed by atoms with E-state index in [2.05, 4.69) is 156 Å². The quantitative estimate of drug-likeness (QED) is 0.180. The minimum Gasteiger partial charge on any atom is -0.456 e. The first-order valence-corrected chi connectivity index (χ1v) is 18.1. The lowest BCUT2D eigenvalue weighted by molar-refractivity contribution is 0.669. The predicted molar refractivity (Wildman–Crippen MR) is 221 cm³/mol. The third-order valence-electron chi connectivity index (χ3n) is 10.5. The standard InChI is InChI=1S/C49H30N4O/c1-2-11-31(12-3-1)35-25-28-39-38-15-6-8-18-42(38)53(43(39)30-35)37-26-23-33(24-27-37)47-50-48(36-22-21-32-13-4-5-14-34(32)29-36)52-49(51-47)41-17-10-20-45-46(41)40-16-7-9-19-44(40)54-45/h1-30H. The smallest absolute Gasteiger partial charge is 0.164 e. The van der Waals surface area contributed by atoms with Crippen molar-refractivity contribution < 1.29 is 4.42 Å². The van der Waals surface area contributed by atoms with Gasteiger partial charge >= 0.3 is 0 Å². The lowest BCUT2D eigenvalue weighted by Gasteiger charge is -2.12. The molecule has 0 aliphatic rings. The van der Waals surface area contributed by atoms with Crippen LogP contribution in [0.3, 0.4) is 0 Å². The highest BCUT2D eigenvalue weighted by atomic mass is 16.3. The molecule has 0 spiro atoms. The molecular formula is C49H30N4O. The van der Waals surface area contributed by atoms with Crippen LogP contribution in [0.5, 0.6) is 0 Å². The normalized spacial score (nSPS) is 11.7. The van der Waals surface area contributed by atoms with Crippen LogP contribution in [-0.4, -0.2) is 19.5 Å². The van der Waals surface area contributed by atoms with Gasteiger partial charge in [-0.3, -0.25) is 0 Å². The Labute approximate surface area is 310 Å². The zero-order chi connectivity index (χ0) is 35.6. The predicted octanol–water partition coefficient (Wildman–Crippen LogP) is 12.7.